The average Bonchev–Trinajstić information content (AvgIpc) is 2.37. The van der Waals surface area contributed by atoms with Gasteiger partial charge in [-0.25, -0.2) is 18.4 Å². The quantitative estimate of drug-likeness (QED) is 0.0790. The molecule has 0 unspecified atom stereocenters. The molecule has 12 nitrogen and oxygen atoms in total. The minimum absolute atomic E-state index is 0. The smallest absolute Gasteiger partial charge is 0.399 e. The van der Waals surface area contributed by atoms with Crippen molar-refractivity contribution in [3.05, 3.63) is 200 Å². The van der Waals surface area contributed by atoms with Crippen molar-refractivity contribution in [3.8, 4) is 0 Å². The average molecular weight is 1290 g/mol. The first-order valence-electron chi connectivity index (χ1n) is 26.5. The van der Waals surface area contributed by atoms with Gasteiger partial charge in [0.1, 0.15) is 11.6 Å². The molecular weight excluding hydrogens is 1230 g/mol. The van der Waals surface area contributed by atoms with Crippen molar-refractivity contribution in [2.75, 3.05) is 38.7 Å². The number of carbonyl (C=O) groups is 4. The van der Waals surface area contributed by atoms with Gasteiger partial charge in [0.15, 0.2) is 0 Å². The Labute approximate surface area is 509 Å². The second-order valence-corrected chi connectivity index (χ2v) is 21.2. The van der Waals surface area contributed by atoms with Crippen LogP contribution < -0.4 is 22.1 Å². The summed E-state index contributed by atoms with van der Waals surface area (Å²) in [6, 6.07) is 19.6. The number of nitrogens with two attached hydrogens (primary N) is 2. The second-order valence-electron chi connectivity index (χ2n) is 21.2. The van der Waals surface area contributed by atoms with E-state index in [1.54, 1.807) is 62.4 Å². The molecule has 476 valence electrons. The first-order chi connectivity index (χ1) is 40.0. The van der Waals surface area contributed by atoms with Gasteiger partial charge in [-0.1, -0.05) is 12.1 Å². The normalized spacial score (nSPS) is 17.1. The predicted molar refractivity (Wildman–Crippen MR) is 305 cm³/mol. The molecule has 28 heteroatoms. The summed E-state index contributed by atoms with van der Waals surface area (Å²) >= 11 is 0. The van der Waals surface area contributed by atoms with Crippen LogP contribution in [-0.4, -0.2) is 82.7 Å². The van der Waals surface area contributed by atoms with Crippen molar-refractivity contribution in [1.82, 2.24) is 30.2 Å². The Morgan fingerprint density at radius 1 is 0.477 bits per heavy atom. The van der Waals surface area contributed by atoms with Crippen LogP contribution in [0.5, 0.6) is 0 Å². The Morgan fingerprint density at radius 3 is 1.05 bits per heavy atom. The van der Waals surface area contributed by atoms with Gasteiger partial charge < -0.3 is 41.7 Å². The van der Waals surface area contributed by atoms with Gasteiger partial charge in [0.05, 0.1) is 34.3 Å². The number of amides is 6. The molecule has 6 N–H and O–H groups in total. The maximum Gasteiger partial charge on any atom is 0.416 e. The first-order valence-corrected chi connectivity index (χ1v) is 26.5. The summed E-state index contributed by atoms with van der Waals surface area (Å²) in [7, 11) is 2.55. The van der Waals surface area contributed by atoms with E-state index in [1.807, 2.05) is 0 Å². The summed E-state index contributed by atoms with van der Waals surface area (Å²) in [6.07, 6.45) is -19.0. The largest absolute Gasteiger partial charge is 0.416 e. The van der Waals surface area contributed by atoms with Crippen LogP contribution in [0.15, 0.2) is 121 Å². The van der Waals surface area contributed by atoms with Crippen molar-refractivity contribution in [3.63, 3.8) is 0 Å². The van der Waals surface area contributed by atoms with E-state index < -0.39 is 108 Å². The highest BCUT2D eigenvalue weighted by Crippen LogP contribution is 2.41. The molecule has 0 spiro atoms. The van der Waals surface area contributed by atoms with Crippen LogP contribution in [0.3, 0.4) is 0 Å². The fourth-order valence-electron chi connectivity index (χ4n) is 10.4. The molecule has 8 rings (SSSR count). The number of piperidine rings is 2. The number of nitrogen functional groups attached to an aromatic ring is 2. The number of carbonyl (C=O) groups excluding carboxylic acids is 4. The standard InChI is InChI=1S/2C30H29F7N4O2.2ClH/c2*1-17-11-22(31)5-8-25(17)26-15-24(39-27(42)19-3-6-23(38)7-4-19)9-10-41(26)28(43)40(2)16-18-12-20(29(32,33)34)14-21(13-18)30(35,36)37;;/h2*3-8,11-14,24,26H,9-10,15-16,38H2,1-2H3,(H,39,42);2*1H/t2*24-,26+;;/m10../s1. The number of aryl methyl sites for hydroxylation is 2. The number of hydrogen-bond acceptors (Lipinski definition) is 6. The third kappa shape index (κ3) is 18.1. The molecule has 0 bridgehead atoms. The Morgan fingerprint density at radius 2 is 0.773 bits per heavy atom. The Kier molecular flexibility index (Phi) is 22.9. The van der Waals surface area contributed by atoms with E-state index in [-0.39, 0.29) is 85.8 Å². The molecule has 0 aliphatic carbocycles. The summed E-state index contributed by atoms with van der Waals surface area (Å²) in [4.78, 5) is 57.9. The summed E-state index contributed by atoms with van der Waals surface area (Å²) in [5.74, 6) is -1.71. The summed E-state index contributed by atoms with van der Waals surface area (Å²) in [5.41, 5.74) is 8.74. The fourth-order valence-corrected chi connectivity index (χ4v) is 10.4. The van der Waals surface area contributed by atoms with E-state index in [0.29, 0.717) is 81.9 Å². The lowest BCUT2D eigenvalue weighted by molar-refractivity contribution is -0.144. The minimum atomic E-state index is -5.03. The number of benzene rings is 6. The molecule has 4 atom stereocenters. The monoisotopic (exact) mass is 1290 g/mol. The summed E-state index contributed by atoms with van der Waals surface area (Å²) in [6.45, 7) is 2.45. The van der Waals surface area contributed by atoms with Crippen LogP contribution >= 0.6 is 24.8 Å². The number of anilines is 2. The number of halogens is 16. The molecule has 6 aromatic carbocycles. The molecule has 2 fully saturated rings. The van der Waals surface area contributed by atoms with Gasteiger partial charge in [-0.2, -0.15) is 52.7 Å². The third-order valence-electron chi connectivity index (χ3n) is 14.7. The summed E-state index contributed by atoms with van der Waals surface area (Å²) in [5, 5.41) is 5.87. The number of urea groups is 2. The SMILES string of the molecule is Cc1cc(F)ccc1[C@@H]1C[C@H](NC(=O)c2ccc(N)cc2)CCN1C(=O)N(C)Cc1cc(C(F)(F)F)cc(C(F)(F)F)c1.Cc1cc(F)ccc1[C@H]1C[C@@H](NC(=O)c2ccc(N)cc2)CCN1C(=O)N(C)Cc1cc(C(F)(F)F)cc(C(F)(F)F)c1.Cl.Cl. The lowest BCUT2D eigenvalue weighted by Gasteiger charge is -2.42. The highest BCUT2D eigenvalue weighted by Gasteiger charge is 2.41. The Hall–Kier alpha value is -8.00. The lowest BCUT2D eigenvalue weighted by atomic mass is 9.89. The highest BCUT2D eigenvalue weighted by atomic mass is 35.5. The van der Waals surface area contributed by atoms with Crippen LogP contribution in [0, 0.1) is 25.5 Å². The molecule has 0 radical (unpaired) electrons. The van der Waals surface area contributed by atoms with E-state index in [1.165, 1.54) is 60.3 Å². The number of rotatable bonds is 10. The number of alkyl halides is 12. The molecule has 0 aromatic heterocycles. The fraction of sp³-hybridized carbons (Fsp3) is 0.333. The lowest BCUT2D eigenvalue weighted by Crippen LogP contribution is -2.51. The molecule has 2 aliphatic heterocycles. The van der Waals surface area contributed by atoms with Gasteiger partial charge in [0.2, 0.25) is 0 Å². The van der Waals surface area contributed by atoms with Gasteiger partial charge in [-0.05, 0) is 182 Å². The van der Waals surface area contributed by atoms with E-state index >= 15 is 0 Å². The molecule has 2 aliphatic rings. The zero-order valence-corrected chi connectivity index (χ0v) is 48.8. The maximum atomic E-state index is 13.9. The van der Waals surface area contributed by atoms with Crippen molar-refractivity contribution in [2.45, 2.75) is 101 Å². The Bertz CT molecular complexity index is 3150. The van der Waals surface area contributed by atoms with Gasteiger partial charge in [0.25, 0.3) is 11.8 Å². The van der Waals surface area contributed by atoms with Crippen LogP contribution in [0.2, 0.25) is 0 Å². The van der Waals surface area contributed by atoms with E-state index in [2.05, 4.69) is 10.6 Å². The highest BCUT2D eigenvalue weighted by molar-refractivity contribution is 5.95. The van der Waals surface area contributed by atoms with Crippen LogP contribution in [-0.2, 0) is 37.8 Å². The molecule has 6 aromatic rings. The van der Waals surface area contributed by atoms with E-state index in [9.17, 15) is 80.6 Å². The van der Waals surface area contributed by atoms with Gasteiger partial charge in [0, 0.05) is 74.9 Å². The number of likely N-dealkylation sites (tertiary alicyclic amines) is 2. The predicted octanol–water partition coefficient (Wildman–Crippen LogP) is 14.7. The molecule has 2 saturated heterocycles. The number of nitrogens with one attached hydrogen (secondary N) is 2. The van der Waals surface area contributed by atoms with Crippen molar-refractivity contribution >= 4 is 60.1 Å². The number of hydrogen-bond donors (Lipinski definition) is 4. The van der Waals surface area contributed by atoms with Crippen LogP contribution in [0.1, 0.15) is 114 Å². The van der Waals surface area contributed by atoms with Crippen molar-refractivity contribution in [1.29, 1.82) is 0 Å². The zero-order chi connectivity index (χ0) is 63.4. The topological polar surface area (TPSA) is 157 Å². The molecule has 0 saturated carbocycles. The van der Waals surface area contributed by atoms with E-state index in [4.69, 9.17) is 11.5 Å². The second kappa shape index (κ2) is 28.4. The Balaban J connectivity index is 0.000000313. The van der Waals surface area contributed by atoms with Crippen LogP contribution in [0.4, 0.5) is 82.4 Å². The van der Waals surface area contributed by atoms with Gasteiger partial charge in [-0.3, -0.25) is 9.59 Å². The van der Waals surface area contributed by atoms with E-state index in [0.717, 1.165) is 9.80 Å². The third-order valence-corrected chi connectivity index (χ3v) is 14.7. The van der Waals surface area contributed by atoms with Crippen molar-refractivity contribution < 1.29 is 80.6 Å². The number of nitrogens with zero attached hydrogens (tertiary/aromatic N) is 4. The maximum absolute atomic E-state index is 13.9. The first kappa shape index (κ1) is 70.8. The molecule has 2 heterocycles. The van der Waals surface area contributed by atoms with Crippen molar-refractivity contribution in [2.24, 2.45) is 0 Å². The van der Waals surface area contributed by atoms with Crippen LogP contribution in [0.25, 0.3) is 0 Å². The molecule has 88 heavy (non-hydrogen) atoms. The molecular formula is C60H60Cl2F14N8O4. The summed E-state index contributed by atoms with van der Waals surface area (Å²) < 4.78 is 188. The zero-order valence-electron chi connectivity index (χ0n) is 47.2. The van der Waals surface area contributed by atoms with Gasteiger partial charge >= 0.3 is 36.8 Å². The molecule has 6 amide bonds. The minimum Gasteiger partial charge on any atom is -0.399 e. The van der Waals surface area contributed by atoms with Gasteiger partial charge in [-0.15, -0.1) is 24.8 Å².